The van der Waals surface area contributed by atoms with E-state index in [0.717, 1.165) is 25.3 Å². The Labute approximate surface area is 169 Å². The smallest absolute Gasteiger partial charge is 0.157 e. The fourth-order valence-electron chi connectivity index (χ4n) is 5.17. The first-order chi connectivity index (χ1) is 12.2. The maximum Gasteiger partial charge on any atom is 0.157 e. The molecule has 3 aliphatic rings. The third-order valence-corrected chi connectivity index (χ3v) is 7.59. The van der Waals surface area contributed by atoms with E-state index in [0.29, 0.717) is 12.0 Å². The minimum absolute atomic E-state index is 0. The summed E-state index contributed by atoms with van der Waals surface area (Å²) >= 11 is 1.99. The van der Waals surface area contributed by atoms with Crippen LogP contribution in [0.4, 0.5) is 0 Å². The number of benzene rings is 1. The van der Waals surface area contributed by atoms with Gasteiger partial charge in [0.05, 0.1) is 0 Å². The summed E-state index contributed by atoms with van der Waals surface area (Å²) in [5.41, 5.74) is 3.85. The Balaban J connectivity index is 0.00000168. The third-order valence-electron chi connectivity index (χ3n) is 6.42. The van der Waals surface area contributed by atoms with Crippen LogP contribution in [0.15, 0.2) is 18.2 Å². The van der Waals surface area contributed by atoms with E-state index in [4.69, 9.17) is 0 Å². The van der Waals surface area contributed by atoms with E-state index in [2.05, 4.69) is 11.4 Å². The van der Waals surface area contributed by atoms with Gasteiger partial charge in [0.15, 0.2) is 11.5 Å². The first-order valence-electron chi connectivity index (χ1n) is 9.58. The fourth-order valence-corrected chi connectivity index (χ4v) is 6.45. The maximum absolute atomic E-state index is 10.0. The lowest BCUT2D eigenvalue weighted by molar-refractivity contribution is 0.382. The molecule has 0 bridgehead atoms. The van der Waals surface area contributed by atoms with Gasteiger partial charge in [0.25, 0.3) is 0 Å². The molecule has 3 nitrogen and oxygen atoms in total. The topological polar surface area (TPSA) is 52.5 Å². The molecule has 26 heavy (non-hydrogen) atoms. The van der Waals surface area contributed by atoms with Gasteiger partial charge in [0.2, 0.25) is 0 Å². The van der Waals surface area contributed by atoms with Crippen LogP contribution in [0.25, 0.3) is 0 Å². The Hall–Kier alpha value is -1.04. The molecule has 1 aromatic carbocycles. The number of phenolic OH excluding ortho intramolecular Hbond substituents is 2. The molecule has 1 saturated carbocycles. The summed E-state index contributed by atoms with van der Waals surface area (Å²) in [7, 11) is 0. The molecule has 1 fully saturated rings. The van der Waals surface area contributed by atoms with Crippen LogP contribution in [0, 0.1) is 5.92 Å². The van der Waals surface area contributed by atoms with Gasteiger partial charge in [-0.1, -0.05) is 25.7 Å². The van der Waals surface area contributed by atoms with Crippen molar-refractivity contribution in [3.05, 3.63) is 44.6 Å². The quantitative estimate of drug-likeness (QED) is 0.580. The summed E-state index contributed by atoms with van der Waals surface area (Å²) < 4.78 is 0. The van der Waals surface area contributed by atoms with E-state index in [1.807, 2.05) is 11.3 Å². The van der Waals surface area contributed by atoms with E-state index in [1.54, 1.807) is 12.1 Å². The lowest BCUT2D eigenvalue weighted by atomic mass is 9.74. The zero-order valence-corrected chi connectivity index (χ0v) is 17.4. The molecule has 2 aromatic rings. The van der Waals surface area contributed by atoms with Gasteiger partial charge in [0.1, 0.15) is 0 Å². The molecule has 2 atom stereocenters. The number of phenols is 2. The average Bonchev–Trinajstić information content (AvgIpc) is 3.25. The molecule has 0 saturated heterocycles. The van der Waals surface area contributed by atoms with Crippen LogP contribution in [-0.2, 0) is 19.4 Å². The Morgan fingerprint density at radius 2 is 1.77 bits per heavy atom. The van der Waals surface area contributed by atoms with Gasteiger partial charge < -0.3 is 15.5 Å². The molecule has 0 unspecified atom stereocenters. The monoisotopic (exact) mass is 435 g/mol. The standard InChI is InChI=1S/C21H25NO2S.BrH/c23-18-8-13-5-6-17-21(15(13)10-19(18)24)16-9-14(25-20(16)11-22-17)7-12-3-1-2-4-12;/h8-10,12,17,21-24H,1-7,11H2;1H/t17-,21+;/m0./s1. The van der Waals surface area contributed by atoms with Crippen LogP contribution >= 0.6 is 28.3 Å². The molecule has 2 aliphatic carbocycles. The minimum atomic E-state index is 0. The van der Waals surface area contributed by atoms with Crippen LogP contribution in [0.3, 0.4) is 0 Å². The first-order valence-corrected chi connectivity index (χ1v) is 10.4. The predicted molar refractivity (Wildman–Crippen MR) is 111 cm³/mol. The second-order valence-electron chi connectivity index (χ2n) is 7.99. The number of aromatic hydroxyl groups is 2. The molecule has 1 aromatic heterocycles. The molecule has 5 rings (SSSR count). The average molecular weight is 436 g/mol. The lowest BCUT2D eigenvalue weighted by Crippen LogP contribution is -2.41. The van der Waals surface area contributed by atoms with Crippen LogP contribution in [-0.4, -0.2) is 16.3 Å². The van der Waals surface area contributed by atoms with Gasteiger partial charge in [-0.25, -0.2) is 0 Å². The third kappa shape index (κ3) is 3.08. The van der Waals surface area contributed by atoms with Crippen LogP contribution in [0.5, 0.6) is 11.5 Å². The van der Waals surface area contributed by atoms with Gasteiger partial charge in [0, 0.05) is 28.3 Å². The van der Waals surface area contributed by atoms with Crippen molar-refractivity contribution in [3.8, 4) is 11.5 Å². The van der Waals surface area contributed by atoms with Crippen molar-refractivity contribution in [3.63, 3.8) is 0 Å². The van der Waals surface area contributed by atoms with E-state index in [9.17, 15) is 10.2 Å². The fraction of sp³-hybridized carbons (Fsp3) is 0.524. The number of nitrogens with one attached hydrogen (secondary N) is 1. The molecule has 0 amide bonds. The molecule has 0 radical (unpaired) electrons. The van der Waals surface area contributed by atoms with Crippen molar-refractivity contribution in [1.82, 2.24) is 5.32 Å². The van der Waals surface area contributed by atoms with Crippen molar-refractivity contribution in [2.75, 3.05) is 0 Å². The van der Waals surface area contributed by atoms with Crippen LogP contribution in [0.2, 0.25) is 0 Å². The molecule has 0 spiro atoms. The summed E-state index contributed by atoms with van der Waals surface area (Å²) in [5, 5.41) is 23.6. The highest BCUT2D eigenvalue weighted by Gasteiger charge is 2.37. The van der Waals surface area contributed by atoms with Crippen molar-refractivity contribution in [1.29, 1.82) is 0 Å². The molecule has 1 aliphatic heterocycles. The molecule has 2 heterocycles. The Bertz CT molecular complexity index is 813. The zero-order chi connectivity index (χ0) is 17.0. The second-order valence-corrected chi connectivity index (χ2v) is 9.21. The van der Waals surface area contributed by atoms with Gasteiger partial charge in [-0.2, -0.15) is 0 Å². The van der Waals surface area contributed by atoms with Crippen molar-refractivity contribution in [2.24, 2.45) is 5.92 Å². The maximum atomic E-state index is 10.0. The van der Waals surface area contributed by atoms with Gasteiger partial charge >= 0.3 is 0 Å². The van der Waals surface area contributed by atoms with E-state index >= 15 is 0 Å². The van der Waals surface area contributed by atoms with Crippen LogP contribution < -0.4 is 5.32 Å². The number of hydrogen-bond acceptors (Lipinski definition) is 4. The van der Waals surface area contributed by atoms with E-state index < -0.39 is 0 Å². The molecule has 3 N–H and O–H groups in total. The summed E-state index contributed by atoms with van der Waals surface area (Å²) in [4.78, 5) is 3.00. The second kappa shape index (κ2) is 7.17. The largest absolute Gasteiger partial charge is 0.504 e. The molecule has 5 heteroatoms. The normalized spacial score (nSPS) is 24.5. The Kier molecular flexibility index (Phi) is 5.06. The highest BCUT2D eigenvalue weighted by atomic mass is 79.9. The summed E-state index contributed by atoms with van der Waals surface area (Å²) in [6.45, 7) is 0.977. The van der Waals surface area contributed by atoms with Crippen molar-refractivity contribution < 1.29 is 10.2 Å². The highest BCUT2D eigenvalue weighted by molar-refractivity contribution is 8.93. The number of rotatable bonds is 2. The number of aryl methyl sites for hydroxylation is 1. The first kappa shape index (κ1) is 18.3. The summed E-state index contributed by atoms with van der Waals surface area (Å²) in [6, 6.07) is 6.46. The zero-order valence-electron chi connectivity index (χ0n) is 14.8. The minimum Gasteiger partial charge on any atom is -0.504 e. The van der Waals surface area contributed by atoms with Crippen molar-refractivity contribution in [2.45, 2.75) is 63.5 Å². The number of fused-ring (bicyclic) bond motifs is 5. The summed E-state index contributed by atoms with van der Waals surface area (Å²) in [5.74, 6) is 1.21. The molecular formula is C21H26BrNO2S. The van der Waals surface area contributed by atoms with Gasteiger partial charge in [-0.05, 0) is 60.1 Å². The number of halogens is 1. The molecular weight excluding hydrogens is 410 g/mol. The SMILES string of the molecule is Br.Oc1cc2c(cc1O)[C@@H]1c3cc(CC4CCCC4)sc3CN[C@H]1CC2. The van der Waals surface area contributed by atoms with E-state index in [-0.39, 0.29) is 28.5 Å². The summed E-state index contributed by atoms with van der Waals surface area (Å²) in [6.07, 6.45) is 8.88. The Morgan fingerprint density at radius 1 is 1.00 bits per heavy atom. The van der Waals surface area contributed by atoms with E-state index in [1.165, 1.54) is 58.5 Å². The number of thiophene rings is 1. The lowest BCUT2D eigenvalue weighted by Gasteiger charge is -2.38. The predicted octanol–water partition coefficient (Wildman–Crippen LogP) is 5.02. The Morgan fingerprint density at radius 3 is 2.58 bits per heavy atom. The van der Waals surface area contributed by atoms with Crippen molar-refractivity contribution >= 4 is 28.3 Å². The number of hydrogen-bond donors (Lipinski definition) is 3. The van der Waals surface area contributed by atoms with Crippen LogP contribution in [0.1, 0.15) is 64.5 Å². The molecule has 140 valence electrons. The van der Waals surface area contributed by atoms with Gasteiger partial charge in [-0.3, -0.25) is 0 Å². The highest BCUT2D eigenvalue weighted by Crippen LogP contribution is 2.46. The van der Waals surface area contributed by atoms with Gasteiger partial charge in [-0.15, -0.1) is 28.3 Å².